The molecule has 0 aliphatic carbocycles. The van der Waals surface area contributed by atoms with Gasteiger partial charge in [0.1, 0.15) is 6.54 Å². The monoisotopic (exact) mass is 229 g/mol. The normalized spacial score (nSPS) is 9.64. The maximum absolute atomic E-state index is 10.2. The van der Waals surface area contributed by atoms with Gasteiger partial charge in [-0.05, 0) is 0 Å². The molecule has 0 saturated heterocycles. The lowest BCUT2D eigenvalue weighted by molar-refractivity contribution is -0.137. The predicted octanol–water partition coefficient (Wildman–Crippen LogP) is -3.11. The van der Waals surface area contributed by atoms with E-state index in [4.69, 9.17) is 23.8 Å². The number of carbonyl (C=O) groups is 2. The van der Waals surface area contributed by atoms with Crippen molar-refractivity contribution in [2.24, 2.45) is 10.9 Å². The number of hydrogen-bond acceptors (Lipinski definition) is 5. The van der Waals surface area contributed by atoms with Crippen molar-refractivity contribution in [3.8, 4) is 0 Å². The molecule has 14 heavy (non-hydrogen) atoms. The maximum atomic E-state index is 10.2. The second-order valence-corrected chi connectivity index (χ2v) is 2.92. The van der Waals surface area contributed by atoms with Crippen LogP contribution in [0.2, 0.25) is 0 Å². The number of carbonyl (C=O) groups excluding carboxylic acids is 1. The van der Waals surface area contributed by atoms with Gasteiger partial charge in [0.15, 0.2) is 0 Å². The van der Waals surface area contributed by atoms with E-state index < -0.39 is 22.2 Å². The van der Waals surface area contributed by atoms with Gasteiger partial charge in [-0.25, -0.2) is 5.14 Å². The molecule has 1 amide bonds. The first-order valence-corrected chi connectivity index (χ1v) is 4.61. The zero-order chi connectivity index (χ0) is 11.8. The highest BCUT2D eigenvalue weighted by atomic mass is 32.2. The summed E-state index contributed by atoms with van der Waals surface area (Å²) in [5, 5.41) is 14.0. The van der Waals surface area contributed by atoms with Crippen LogP contribution in [0.4, 0.5) is 0 Å². The van der Waals surface area contributed by atoms with E-state index in [-0.39, 0.29) is 13.1 Å². The summed E-state index contributed by atoms with van der Waals surface area (Å²) in [6.45, 7) is -0.538. The molecule has 0 unspecified atom stereocenters. The van der Waals surface area contributed by atoms with Gasteiger partial charge in [-0.3, -0.25) is 14.1 Å². The summed E-state index contributed by atoms with van der Waals surface area (Å²) in [6.07, 6.45) is 0. The fourth-order valence-corrected chi connectivity index (χ4v) is 0.246. The molecule has 0 aromatic heterocycles. The number of amides is 1. The van der Waals surface area contributed by atoms with E-state index in [1.165, 1.54) is 0 Å². The molecule has 0 atom stereocenters. The highest BCUT2D eigenvalue weighted by Gasteiger charge is 1.98. The van der Waals surface area contributed by atoms with Crippen LogP contribution in [0.3, 0.4) is 0 Å². The van der Waals surface area contributed by atoms with Gasteiger partial charge in [0.25, 0.3) is 0 Å². The van der Waals surface area contributed by atoms with Crippen molar-refractivity contribution in [2.45, 2.75) is 0 Å². The summed E-state index contributed by atoms with van der Waals surface area (Å²) in [5.74, 6) is -1.53. The molecule has 0 aromatic carbocycles. The van der Waals surface area contributed by atoms with Crippen LogP contribution in [0, 0.1) is 0 Å². The van der Waals surface area contributed by atoms with E-state index in [1.54, 1.807) is 0 Å². The van der Waals surface area contributed by atoms with Crippen molar-refractivity contribution in [2.75, 3.05) is 13.1 Å². The van der Waals surface area contributed by atoms with Gasteiger partial charge in [0.2, 0.25) is 5.91 Å². The Labute approximate surface area is 80.0 Å². The van der Waals surface area contributed by atoms with Crippen molar-refractivity contribution >= 4 is 22.2 Å². The van der Waals surface area contributed by atoms with Crippen LogP contribution in [0.1, 0.15) is 0 Å². The molecule has 0 heterocycles. The Morgan fingerprint density at radius 1 is 1.36 bits per heavy atom. The summed E-state index contributed by atoms with van der Waals surface area (Å²) in [5.41, 5.74) is 4.85. The second-order valence-electron chi connectivity index (χ2n) is 1.89. The molecule has 0 fully saturated rings. The Morgan fingerprint density at radius 2 is 1.71 bits per heavy atom. The number of nitrogens with one attached hydrogen (secondary N) is 1. The molecular formula is C4H11N3O6S. The fraction of sp³-hybridized carbons (Fsp3) is 0.500. The summed E-state index contributed by atoms with van der Waals surface area (Å²) >= 11 is 0. The van der Waals surface area contributed by atoms with Crippen LogP contribution in [0.25, 0.3) is 0 Å². The first kappa shape index (κ1) is 15.3. The van der Waals surface area contributed by atoms with E-state index >= 15 is 0 Å². The first-order valence-electron chi connectivity index (χ1n) is 3.10. The van der Waals surface area contributed by atoms with Gasteiger partial charge in [-0.1, -0.05) is 0 Å². The molecule has 0 saturated carbocycles. The molecule has 0 aromatic rings. The van der Waals surface area contributed by atoms with Gasteiger partial charge < -0.3 is 16.2 Å². The van der Waals surface area contributed by atoms with Crippen LogP contribution in [0.15, 0.2) is 0 Å². The second kappa shape index (κ2) is 7.20. The Morgan fingerprint density at radius 3 is 1.93 bits per heavy atom. The predicted molar refractivity (Wildman–Crippen MR) is 45.4 cm³/mol. The smallest absolute Gasteiger partial charge is 0.330 e. The third-order valence-corrected chi connectivity index (χ3v) is 0.622. The molecule has 0 aliphatic rings. The highest BCUT2D eigenvalue weighted by Crippen LogP contribution is 1.60. The van der Waals surface area contributed by atoms with Crippen molar-refractivity contribution in [3.63, 3.8) is 0 Å². The minimum absolute atomic E-state index is 0.173. The van der Waals surface area contributed by atoms with Crippen molar-refractivity contribution in [1.29, 1.82) is 0 Å². The Bertz CT molecular complexity index is 277. The molecular weight excluding hydrogens is 218 g/mol. The van der Waals surface area contributed by atoms with Gasteiger partial charge in [0, 0.05) is 0 Å². The summed E-state index contributed by atoms with van der Waals surface area (Å²) in [6, 6.07) is 0. The minimum atomic E-state index is -4.17. The van der Waals surface area contributed by atoms with Crippen molar-refractivity contribution in [1.82, 2.24) is 5.32 Å². The Hall–Kier alpha value is -1.23. The molecule has 0 rings (SSSR count). The third-order valence-electron chi connectivity index (χ3n) is 0.622. The quantitative estimate of drug-likeness (QED) is 0.318. The average molecular weight is 229 g/mol. The van der Waals surface area contributed by atoms with E-state index in [0.29, 0.717) is 0 Å². The number of hydrogen-bond donors (Lipinski definition) is 5. The zero-order valence-electron chi connectivity index (χ0n) is 7.00. The van der Waals surface area contributed by atoms with E-state index in [1.807, 2.05) is 0 Å². The molecule has 84 valence electrons. The fourth-order valence-electron chi connectivity index (χ4n) is 0.246. The lowest BCUT2D eigenvalue weighted by Gasteiger charge is -1.95. The van der Waals surface area contributed by atoms with Crippen LogP contribution in [-0.4, -0.2) is 43.0 Å². The van der Waals surface area contributed by atoms with E-state index in [0.717, 1.165) is 0 Å². The summed E-state index contributed by atoms with van der Waals surface area (Å²) in [4.78, 5) is 20.0. The number of aliphatic carboxylic acids is 1. The molecule has 0 bridgehead atoms. The topological polar surface area (TPSA) is 173 Å². The molecule has 0 aliphatic heterocycles. The van der Waals surface area contributed by atoms with Gasteiger partial charge >= 0.3 is 16.3 Å². The van der Waals surface area contributed by atoms with E-state index in [2.05, 4.69) is 10.5 Å². The van der Waals surface area contributed by atoms with Crippen LogP contribution >= 0.6 is 0 Å². The molecule has 0 spiro atoms. The summed E-state index contributed by atoms with van der Waals surface area (Å²) in [7, 11) is -4.17. The summed E-state index contributed by atoms with van der Waals surface area (Å²) < 4.78 is 25.2. The largest absolute Gasteiger partial charge is 0.480 e. The van der Waals surface area contributed by atoms with Crippen molar-refractivity contribution in [3.05, 3.63) is 0 Å². The van der Waals surface area contributed by atoms with Crippen LogP contribution in [0.5, 0.6) is 0 Å². The third kappa shape index (κ3) is 30.9. The molecule has 9 nitrogen and oxygen atoms in total. The minimum Gasteiger partial charge on any atom is -0.480 e. The molecule has 10 heteroatoms. The average Bonchev–Trinajstić information content (AvgIpc) is 1.96. The van der Waals surface area contributed by atoms with Crippen molar-refractivity contribution < 1.29 is 27.7 Å². The Kier molecular flexibility index (Phi) is 7.84. The molecule has 0 radical (unpaired) electrons. The van der Waals surface area contributed by atoms with Gasteiger partial charge in [-0.15, -0.1) is 0 Å². The standard InChI is InChI=1S/C4H8N2O3.H3NO3S/c5-1-3(7)6-2-4(8)9;1-5(2,3)4/h1-2,5H2,(H,6,7)(H,8,9);(H3,1,2,3,4). The SMILES string of the molecule is NCC(=O)NCC(=O)O.NS(=O)(=O)O. The number of rotatable bonds is 3. The Balaban J connectivity index is 0. The number of nitrogens with two attached hydrogens (primary N) is 2. The molecule has 7 N–H and O–H groups in total. The van der Waals surface area contributed by atoms with Crippen LogP contribution < -0.4 is 16.2 Å². The lowest BCUT2D eigenvalue weighted by atomic mass is 10.5. The highest BCUT2D eigenvalue weighted by molar-refractivity contribution is 7.83. The van der Waals surface area contributed by atoms with Gasteiger partial charge in [-0.2, -0.15) is 8.42 Å². The van der Waals surface area contributed by atoms with Crippen LogP contribution in [-0.2, 0) is 19.9 Å². The maximum Gasteiger partial charge on any atom is 0.330 e. The number of carboxylic acid groups (broad SMARTS) is 1. The zero-order valence-corrected chi connectivity index (χ0v) is 7.82. The van der Waals surface area contributed by atoms with E-state index in [9.17, 15) is 9.59 Å². The van der Waals surface area contributed by atoms with Gasteiger partial charge in [0.05, 0.1) is 6.54 Å². The lowest BCUT2D eigenvalue weighted by Crippen LogP contribution is -2.34. The first-order chi connectivity index (χ1) is 6.16. The number of carboxylic acids is 1.